The Labute approximate surface area is 197 Å². The average molecular weight is 459 g/mol. The van der Waals surface area contributed by atoms with Gasteiger partial charge >= 0.3 is 0 Å². The van der Waals surface area contributed by atoms with Crippen LogP contribution in [0.2, 0.25) is 0 Å². The van der Waals surface area contributed by atoms with Crippen LogP contribution in [-0.2, 0) is 6.54 Å². The van der Waals surface area contributed by atoms with E-state index in [0.29, 0.717) is 35.3 Å². The highest BCUT2D eigenvalue weighted by atomic mass is 19.1. The lowest BCUT2D eigenvalue weighted by Crippen LogP contribution is -2.41. The quantitative estimate of drug-likeness (QED) is 0.430. The van der Waals surface area contributed by atoms with Crippen LogP contribution in [0.1, 0.15) is 41.1 Å². The minimum absolute atomic E-state index is 0.162. The van der Waals surface area contributed by atoms with Gasteiger partial charge in [0.15, 0.2) is 0 Å². The summed E-state index contributed by atoms with van der Waals surface area (Å²) in [6.45, 7) is 2.77. The molecule has 0 aliphatic rings. The number of fused-ring (bicyclic) bond motifs is 1. The smallest absolute Gasteiger partial charge is 0.261 e. The van der Waals surface area contributed by atoms with Crippen LogP contribution in [0.25, 0.3) is 10.9 Å². The topological polar surface area (TPSA) is 81.2 Å². The first-order chi connectivity index (χ1) is 16.5. The first-order valence-electron chi connectivity index (χ1n) is 11.3. The molecule has 6 nitrogen and oxygen atoms in total. The lowest BCUT2D eigenvalue weighted by molar-refractivity contribution is 0.0664. The Bertz CT molecular complexity index is 1340. The lowest BCUT2D eigenvalue weighted by atomic mass is 10.1. The molecule has 1 aromatic heterocycles. The molecule has 0 aliphatic heterocycles. The molecule has 1 amide bonds. The van der Waals surface area contributed by atoms with Crippen molar-refractivity contribution in [2.45, 2.75) is 25.9 Å². The van der Waals surface area contributed by atoms with Gasteiger partial charge in [0.1, 0.15) is 11.6 Å². The van der Waals surface area contributed by atoms with Crippen molar-refractivity contribution in [2.75, 3.05) is 13.1 Å². The van der Waals surface area contributed by atoms with Gasteiger partial charge in [0.2, 0.25) is 0 Å². The SMILES string of the molecule is CCC(c1nc2ccccc2c(=O)n1Cc1ccccc1)N(CCN)C(=O)c1ccc(F)cc1. The molecule has 1 unspecified atom stereocenters. The summed E-state index contributed by atoms with van der Waals surface area (Å²) in [5.74, 6) is -0.202. The first kappa shape index (κ1) is 23.3. The number of hydrogen-bond donors (Lipinski definition) is 1. The maximum atomic E-state index is 13.6. The Kier molecular flexibility index (Phi) is 7.13. The maximum absolute atomic E-state index is 13.6. The van der Waals surface area contributed by atoms with E-state index in [1.807, 2.05) is 49.4 Å². The fourth-order valence-electron chi connectivity index (χ4n) is 4.20. The summed E-state index contributed by atoms with van der Waals surface area (Å²) in [7, 11) is 0. The van der Waals surface area contributed by atoms with Gasteiger partial charge in [-0.05, 0) is 48.4 Å². The van der Waals surface area contributed by atoms with Gasteiger partial charge in [-0.15, -0.1) is 0 Å². The molecule has 3 aromatic carbocycles. The molecule has 1 atom stereocenters. The molecular formula is C27H27FN4O2. The number of rotatable bonds is 8. The third-order valence-electron chi connectivity index (χ3n) is 5.86. The van der Waals surface area contributed by atoms with Crippen molar-refractivity contribution in [3.05, 3.63) is 112 Å². The molecule has 174 valence electrons. The molecule has 0 saturated heterocycles. The molecule has 1 heterocycles. The van der Waals surface area contributed by atoms with Crippen LogP contribution in [0.15, 0.2) is 83.7 Å². The predicted octanol–water partition coefficient (Wildman–Crippen LogP) is 4.14. The summed E-state index contributed by atoms with van der Waals surface area (Å²) in [6.07, 6.45) is 0.520. The van der Waals surface area contributed by atoms with Gasteiger partial charge in [-0.1, -0.05) is 49.4 Å². The number of benzene rings is 3. The second-order valence-electron chi connectivity index (χ2n) is 8.08. The lowest BCUT2D eigenvalue weighted by Gasteiger charge is -2.32. The van der Waals surface area contributed by atoms with Crippen LogP contribution in [0.3, 0.4) is 0 Å². The zero-order valence-electron chi connectivity index (χ0n) is 19.0. The van der Waals surface area contributed by atoms with E-state index >= 15 is 0 Å². The van der Waals surface area contributed by atoms with Crippen molar-refractivity contribution in [3.8, 4) is 0 Å². The van der Waals surface area contributed by atoms with Crippen molar-refractivity contribution in [1.82, 2.24) is 14.5 Å². The highest BCUT2D eigenvalue weighted by Crippen LogP contribution is 2.26. The first-order valence-corrected chi connectivity index (χ1v) is 11.3. The van der Waals surface area contributed by atoms with E-state index in [2.05, 4.69) is 0 Å². The van der Waals surface area contributed by atoms with Crippen LogP contribution >= 0.6 is 0 Å². The Balaban J connectivity index is 1.87. The number of hydrogen-bond acceptors (Lipinski definition) is 4. The van der Waals surface area contributed by atoms with Crippen LogP contribution in [0.4, 0.5) is 4.39 Å². The number of halogens is 1. The van der Waals surface area contributed by atoms with Gasteiger partial charge < -0.3 is 10.6 Å². The standard InChI is InChI=1S/C27H27FN4O2/c1-2-24(31(17-16-29)26(33)20-12-14-21(28)15-13-20)25-30-23-11-7-6-10-22(23)27(34)32(25)18-19-8-4-3-5-9-19/h3-15,24H,2,16-18,29H2,1H3. The second kappa shape index (κ2) is 10.4. The van der Waals surface area contributed by atoms with E-state index in [0.717, 1.165) is 5.56 Å². The van der Waals surface area contributed by atoms with Crippen LogP contribution in [0, 0.1) is 5.82 Å². The molecule has 0 fully saturated rings. The third kappa shape index (κ3) is 4.75. The Morgan fingerprint density at radius 1 is 1.03 bits per heavy atom. The maximum Gasteiger partial charge on any atom is 0.261 e. The number of carbonyl (C=O) groups is 1. The molecule has 2 N–H and O–H groups in total. The Hall–Kier alpha value is -3.84. The fourth-order valence-corrected chi connectivity index (χ4v) is 4.20. The van der Waals surface area contributed by atoms with E-state index in [1.165, 1.54) is 24.3 Å². The molecule has 0 aliphatic carbocycles. The fraction of sp³-hybridized carbons (Fsp3) is 0.222. The molecule has 34 heavy (non-hydrogen) atoms. The molecule has 4 aromatic rings. The van der Waals surface area contributed by atoms with Crippen LogP contribution < -0.4 is 11.3 Å². The summed E-state index contributed by atoms with van der Waals surface area (Å²) in [5, 5.41) is 0.521. The Morgan fingerprint density at radius 3 is 2.38 bits per heavy atom. The minimum Gasteiger partial charge on any atom is -0.329 e. The van der Waals surface area contributed by atoms with Crippen molar-refractivity contribution in [1.29, 1.82) is 0 Å². The van der Waals surface area contributed by atoms with Gasteiger partial charge in [0.25, 0.3) is 11.5 Å². The van der Waals surface area contributed by atoms with Gasteiger partial charge in [-0.2, -0.15) is 0 Å². The molecule has 4 rings (SSSR count). The monoisotopic (exact) mass is 458 g/mol. The van der Waals surface area contributed by atoms with Gasteiger partial charge in [0.05, 0.1) is 23.5 Å². The number of nitrogens with two attached hydrogens (primary N) is 1. The van der Waals surface area contributed by atoms with Gasteiger partial charge in [-0.25, -0.2) is 9.37 Å². The van der Waals surface area contributed by atoms with Crippen LogP contribution in [-0.4, -0.2) is 33.4 Å². The van der Waals surface area contributed by atoms with E-state index in [1.54, 1.807) is 21.6 Å². The minimum atomic E-state index is -0.498. The van der Waals surface area contributed by atoms with Crippen molar-refractivity contribution < 1.29 is 9.18 Å². The van der Waals surface area contributed by atoms with Gasteiger partial charge in [-0.3, -0.25) is 14.2 Å². The summed E-state index contributed by atoms with van der Waals surface area (Å²) >= 11 is 0. The number of carbonyl (C=O) groups excluding carboxylic acids is 1. The summed E-state index contributed by atoms with van der Waals surface area (Å²) in [6, 6.07) is 21.8. The Morgan fingerprint density at radius 2 is 1.71 bits per heavy atom. The molecule has 0 spiro atoms. The van der Waals surface area contributed by atoms with E-state index < -0.39 is 11.9 Å². The normalized spacial score (nSPS) is 12.0. The highest BCUT2D eigenvalue weighted by Gasteiger charge is 2.29. The largest absolute Gasteiger partial charge is 0.329 e. The zero-order valence-corrected chi connectivity index (χ0v) is 19.0. The van der Waals surface area contributed by atoms with Crippen molar-refractivity contribution in [3.63, 3.8) is 0 Å². The predicted molar refractivity (Wildman–Crippen MR) is 131 cm³/mol. The molecule has 0 saturated carbocycles. The van der Waals surface area contributed by atoms with Crippen molar-refractivity contribution in [2.24, 2.45) is 5.73 Å². The molecule has 0 bridgehead atoms. The molecular weight excluding hydrogens is 431 g/mol. The second-order valence-corrected chi connectivity index (χ2v) is 8.08. The highest BCUT2D eigenvalue weighted by molar-refractivity contribution is 5.94. The number of nitrogens with zero attached hydrogens (tertiary/aromatic N) is 3. The summed E-state index contributed by atoms with van der Waals surface area (Å²) < 4.78 is 15.1. The number of aromatic nitrogens is 2. The average Bonchev–Trinajstić information content (AvgIpc) is 2.87. The summed E-state index contributed by atoms with van der Waals surface area (Å²) in [5.41, 5.74) is 7.60. The third-order valence-corrected chi connectivity index (χ3v) is 5.86. The molecule has 0 radical (unpaired) electrons. The molecule has 7 heteroatoms. The number of para-hydroxylation sites is 1. The number of amides is 1. The van der Waals surface area contributed by atoms with E-state index in [-0.39, 0.29) is 24.6 Å². The van der Waals surface area contributed by atoms with Crippen LogP contribution in [0.5, 0.6) is 0 Å². The van der Waals surface area contributed by atoms with E-state index in [4.69, 9.17) is 10.7 Å². The van der Waals surface area contributed by atoms with E-state index in [9.17, 15) is 14.0 Å². The summed E-state index contributed by atoms with van der Waals surface area (Å²) in [4.78, 5) is 33.6. The zero-order chi connectivity index (χ0) is 24.1. The van der Waals surface area contributed by atoms with Gasteiger partial charge in [0, 0.05) is 18.7 Å². The van der Waals surface area contributed by atoms with Crippen molar-refractivity contribution >= 4 is 16.8 Å².